The van der Waals surface area contributed by atoms with E-state index in [1.165, 1.54) is 29.2 Å². The highest BCUT2D eigenvalue weighted by atomic mass is 35.5. The number of imidazole rings is 1. The van der Waals surface area contributed by atoms with Gasteiger partial charge in [-0.15, -0.1) is 0 Å². The number of aromatic nitrogens is 2. The van der Waals surface area contributed by atoms with E-state index >= 15 is 0 Å². The van der Waals surface area contributed by atoms with Crippen LogP contribution in [0.1, 0.15) is 6.42 Å². The van der Waals surface area contributed by atoms with Crippen LogP contribution in [-0.4, -0.2) is 36.5 Å². The molecule has 10 heteroatoms. The number of carbonyl (C=O) groups is 1. The number of hydrogen-bond acceptors (Lipinski definition) is 4. The van der Waals surface area contributed by atoms with E-state index in [-0.39, 0.29) is 23.5 Å². The molecule has 0 saturated carbocycles. The second kappa shape index (κ2) is 8.50. The number of anilines is 1. The first-order valence-corrected chi connectivity index (χ1v) is 12.4. The second-order valence-electron chi connectivity index (χ2n) is 8.20. The van der Waals surface area contributed by atoms with Gasteiger partial charge in [0.1, 0.15) is 11.9 Å². The van der Waals surface area contributed by atoms with Crippen LogP contribution in [0, 0.1) is 5.82 Å². The molecule has 2 heterocycles. The molecule has 1 aromatic heterocycles. The number of carbonyl (C=O) groups excluding carboxylic acids is 1. The summed E-state index contributed by atoms with van der Waals surface area (Å²) < 4.78 is 45.1. The Morgan fingerprint density at radius 3 is 2.59 bits per heavy atom. The maximum absolute atomic E-state index is 14.9. The minimum Gasteiger partial charge on any atom is -0.340 e. The van der Waals surface area contributed by atoms with Gasteiger partial charge in [-0.05, 0) is 53.6 Å². The first kappa shape index (κ1) is 22.5. The fourth-order valence-electron chi connectivity index (χ4n) is 4.09. The topological polar surface area (TPSA) is 84.3 Å². The second-order valence-corrected chi connectivity index (χ2v) is 10.3. The molecule has 1 saturated heterocycles. The first-order chi connectivity index (χ1) is 16.2. The molecular weight excluding hydrogens is 479 g/mol. The van der Waals surface area contributed by atoms with E-state index in [2.05, 4.69) is 9.71 Å². The molecule has 0 unspecified atom stereocenters. The van der Waals surface area contributed by atoms with Crippen LogP contribution in [0.25, 0.3) is 22.0 Å². The van der Waals surface area contributed by atoms with Gasteiger partial charge >= 0.3 is 0 Å². The van der Waals surface area contributed by atoms with Gasteiger partial charge < -0.3 is 9.47 Å². The van der Waals surface area contributed by atoms with Crippen molar-refractivity contribution in [2.24, 2.45) is 7.05 Å². The van der Waals surface area contributed by atoms with Crippen LogP contribution in [-0.2, 0) is 21.9 Å². The summed E-state index contributed by atoms with van der Waals surface area (Å²) in [6.45, 7) is 0.197. The molecular formula is C24H20ClFN4O3S. The van der Waals surface area contributed by atoms with E-state index in [9.17, 15) is 17.6 Å². The highest BCUT2D eigenvalue weighted by Crippen LogP contribution is 2.29. The van der Waals surface area contributed by atoms with Gasteiger partial charge in [0.15, 0.2) is 0 Å². The Bertz CT molecular complexity index is 1540. The number of hydrogen-bond donors (Lipinski definition) is 1. The Labute approximate surface area is 200 Å². The number of benzene rings is 3. The number of rotatable bonds is 5. The van der Waals surface area contributed by atoms with Crippen molar-refractivity contribution in [3.8, 4) is 11.3 Å². The molecule has 1 N–H and O–H groups in total. The molecule has 0 aliphatic carbocycles. The lowest BCUT2D eigenvalue weighted by Gasteiger charge is -2.18. The third kappa shape index (κ3) is 4.18. The Morgan fingerprint density at radius 1 is 1.09 bits per heavy atom. The van der Waals surface area contributed by atoms with Gasteiger partial charge in [0.05, 0.1) is 22.6 Å². The van der Waals surface area contributed by atoms with Gasteiger partial charge in [0, 0.05) is 30.4 Å². The van der Waals surface area contributed by atoms with Crippen LogP contribution < -0.4 is 9.62 Å². The lowest BCUT2D eigenvalue weighted by Crippen LogP contribution is -2.41. The Hall–Kier alpha value is -3.27. The Kier molecular flexibility index (Phi) is 5.63. The number of amides is 1. The minimum atomic E-state index is -3.97. The number of fused-ring (bicyclic) bond motifs is 1. The van der Waals surface area contributed by atoms with Crippen molar-refractivity contribution < 1.29 is 17.6 Å². The zero-order valence-corrected chi connectivity index (χ0v) is 19.6. The molecule has 3 aromatic carbocycles. The van der Waals surface area contributed by atoms with E-state index in [1.807, 2.05) is 7.05 Å². The Balaban J connectivity index is 1.35. The average Bonchev–Trinajstić information content (AvgIpc) is 3.39. The van der Waals surface area contributed by atoms with E-state index in [4.69, 9.17) is 11.6 Å². The van der Waals surface area contributed by atoms with Gasteiger partial charge in [-0.25, -0.2) is 17.8 Å². The molecule has 1 aliphatic heterocycles. The lowest BCUT2D eigenvalue weighted by molar-refractivity contribution is -0.118. The summed E-state index contributed by atoms with van der Waals surface area (Å²) in [4.78, 5) is 18.5. The molecule has 4 aromatic rings. The highest BCUT2D eigenvalue weighted by molar-refractivity contribution is 7.89. The largest absolute Gasteiger partial charge is 0.340 e. The van der Waals surface area contributed by atoms with Crippen molar-refractivity contribution >= 4 is 44.0 Å². The third-order valence-electron chi connectivity index (χ3n) is 5.83. The van der Waals surface area contributed by atoms with Crippen LogP contribution in [0.2, 0.25) is 5.02 Å². The average molecular weight is 499 g/mol. The van der Waals surface area contributed by atoms with Gasteiger partial charge in [-0.3, -0.25) is 4.79 Å². The molecule has 0 radical (unpaired) electrons. The van der Waals surface area contributed by atoms with Crippen LogP contribution in [0.15, 0.2) is 72.0 Å². The fourth-order valence-corrected chi connectivity index (χ4v) is 5.53. The molecule has 5 rings (SSSR count). The fraction of sp³-hybridized carbons (Fsp3) is 0.167. The van der Waals surface area contributed by atoms with Crippen molar-refractivity contribution in [3.63, 3.8) is 0 Å². The monoisotopic (exact) mass is 498 g/mol. The summed E-state index contributed by atoms with van der Waals surface area (Å²) >= 11 is 5.99. The summed E-state index contributed by atoms with van der Waals surface area (Å²) in [5.41, 5.74) is 1.31. The quantitative estimate of drug-likeness (QED) is 0.448. The molecule has 0 bridgehead atoms. The van der Waals surface area contributed by atoms with Gasteiger partial charge in [-0.1, -0.05) is 29.8 Å². The van der Waals surface area contributed by atoms with E-state index < -0.39 is 27.8 Å². The third-order valence-corrected chi connectivity index (χ3v) is 7.53. The lowest BCUT2D eigenvalue weighted by atomic mass is 10.1. The summed E-state index contributed by atoms with van der Waals surface area (Å²) in [7, 11) is -2.15. The van der Waals surface area contributed by atoms with Gasteiger partial charge in [-0.2, -0.15) is 4.72 Å². The molecule has 1 fully saturated rings. The maximum atomic E-state index is 14.9. The number of halogens is 2. The molecule has 1 atom stereocenters. The SMILES string of the molecule is Cn1cnc(-c2ccc(N3CC[C@H](NS(=O)(=O)c4ccc5cc(Cl)ccc5c4)C3=O)c(F)c2)c1. The molecule has 1 aliphatic rings. The summed E-state index contributed by atoms with van der Waals surface area (Å²) in [5.74, 6) is -1.08. The zero-order valence-electron chi connectivity index (χ0n) is 18.1. The minimum absolute atomic E-state index is 0.0412. The maximum Gasteiger partial charge on any atom is 0.245 e. The highest BCUT2D eigenvalue weighted by Gasteiger charge is 2.36. The molecule has 1 amide bonds. The summed E-state index contributed by atoms with van der Waals surface area (Å²) in [6.07, 6.45) is 3.61. The van der Waals surface area contributed by atoms with Crippen LogP contribution in [0.4, 0.5) is 10.1 Å². The van der Waals surface area contributed by atoms with Crippen molar-refractivity contribution in [1.82, 2.24) is 14.3 Å². The van der Waals surface area contributed by atoms with Crippen molar-refractivity contribution in [3.05, 3.63) is 78.0 Å². The van der Waals surface area contributed by atoms with Crippen LogP contribution in [0.3, 0.4) is 0 Å². The van der Waals surface area contributed by atoms with Gasteiger partial charge in [0.25, 0.3) is 0 Å². The predicted molar refractivity (Wildman–Crippen MR) is 129 cm³/mol. The standard InChI is InChI=1S/C24H20ClFN4O3S/c1-29-13-22(27-14-29)17-4-7-23(20(26)12-17)30-9-8-21(24(30)31)28-34(32,33)19-6-3-15-10-18(25)5-2-16(15)11-19/h2-7,10-14,21,28H,8-9H2,1H3/t21-/m0/s1. The molecule has 0 spiro atoms. The van der Waals surface area contributed by atoms with Gasteiger partial charge in [0.2, 0.25) is 15.9 Å². The van der Waals surface area contributed by atoms with Crippen LogP contribution >= 0.6 is 11.6 Å². The van der Waals surface area contributed by atoms with Crippen molar-refractivity contribution in [2.45, 2.75) is 17.4 Å². The molecule has 7 nitrogen and oxygen atoms in total. The molecule has 34 heavy (non-hydrogen) atoms. The smallest absolute Gasteiger partial charge is 0.245 e. The number of sulfonamides is 1. The number of nitrogens with zero attached hydrogens (tertiary/aromatic N) is 3. The van der Waals surface area contributed by atoms with E-state index in [0.717, 1.165) is 5.39 Å². The number of aryl methyl sites for hydroxylation is 1. The number of nitrogens with one attached hydrogen (secondary N) is 1. The van der Waals surface area contributed by atoms with Crippen molar-refractivity contribution in [2.75, 3.05) is 11.4 Å². The predicted octanol–water partition coefficient (Wildman–Crippen LogP) is 4.12. The van der Waals surface area contributed by atoms with E-state index in [0.29, 0.717) is 21.7 Å². The Morgan fingerprint density at radius 2 is 1.85 bits per heavy atom. The molecule has 174 valence electrons. The van der Waals surface area contributed by atoms with Crippen molar-refractivity contribution in [1.29, 1.82) is 0 Å². The van der Waals surface area contributed by atoms with Crippen LogP contribution in [0.5, 0.6) is 0 Å². The summed E-state index contributed by atoms with van der Waals surface area (Å²) in [6, 6.07) is 13.4. The van der Waals surface area contributed by atoms with E-state index in [1.54, 1.807) is 47.4 Å². The normalized spacial score (nSPS) is 16.5. The zero-order chi connectivity index (χ0) is 24.0. The first-order valence-electron chi connectivity index (χ1n) is 10.5. The summed E-state index contributed by atoms with van der Waals surface area (Å²) in [5, 5.41) is 2.07.